The van der Waals surface area contributed by atoms with Crippen LogP contribution in [-0.4, -0.2) is 24.2 Å². The van der Waals surface area contributed by atoms with Gasteiger partial charge in [0.05, 0.1) is 6.61 Å². The van der Waals surface area contributed by atoms with Gasteiger partial charge in [-0.1, -0.05) is 18.2 Å². The third-order valence-electron chi connectivity index (χ3n) is 2.22. The Morgan fingerprint density at radius 1 is 1.44 bits per heavy atom. The van der Waals surface area contributed by atoms with Gasteiger partial charge >= 0.3 is 0 Å². The summed E-state index contributed by atoms with van der Waals surface area (Å²) in [5, 5.41) is 8.58. The number of ether oxygens (including phenoxy) is 1. The van der Waals surface area contributed by atoms with Gasteiger partial charge in [0, 0.05) is 5.56 Å². The molecule has 0 saturated heterocycles. The van der Waals surface area contributed by atoms with E-state index in [0.717, 1.165) is 0 Å². The number of aliphatic hydroxyl groups is 1. The van der Waals surface area contributed by atoms with Gasteiger partial charge in [-0.3, -0.25) is 0 Å². The van der Waals surface area contributed by atoms with Crippen molar-refractivity contribution in [3.05, 3.63) is 29.8 Å². The van der Waals surface area contributed by atoms with Crippen LogP contribution in [0.1, 0.15) is 18.5 Å². The maximum absolute atomic E-state index is 13.2. The minimum absolute atomic E-state index is 0.198. The van der Waals surface area contributed by atoms with E-state index in [0.29, 0.717) is 12.4 Å². The number of para-hydroxylation sites is 1. The Kier molecular flexibility index (Phi) is 4.20. The van der Waals surface area contributed by atoms with Crippen LogP contribution in [0.25, 0.3) is 0 Å². The highest BCUT2D eigenvalue weighted by molar-refractivity contribution is 5.36. The molecule has 0 aliphatic heterocycles. The molecule has 0 aliphatic rings. The maximum Gasteiger partial charge on any atom is 0.289 e. The largest absolute Gasteiger partial charge is 0.494 e. The Morgan fingerprint density at radius 2 is 2.06 bits per heavy atom. The fraction of sp³-hybridized carbons (Fsp3) is 0.455. The standard InChI is InChI=1S/C11H15F2NO2/c1-2-16-9-6-4-3-5-8(9)10(14)11(12,13)7-15/h3-6,10,15H,2,7,14H2,1H3/t10-/m0/s1. The van der Waals surface area contributed by atoms with Crippen LogP contribution in [0.4, 0.5) is 8.78 Å². The Labute approximate surface area is 92.8 Å². The first-order valence-electron chi connectivity index (χ1n) is 4.99. The van der Waals surface area contributed by atoms with Crippen LogP contribution in [0.5, 0.6) is 5.75 Å². The summed E-state index contributed by atoms with van der Waals surface area (Å²) in [6.45, 7) is 0.843. The molecule has 3 N–H and O–H groups in total. The van der Waals surface area contributed by atoms with E-state index in [9.17, 15) is 8.78 Å². The Morgan fingerprint density at radius 3 is 2.62 bits per heavy atom. The molecule has 0 fully saturated rings. The quantitative estimate of drug-likeness (QED) is 0.811. The predicted octanol–water partition coefficient (Wildman–Crippen LogP) is 1.71. The summed E-state index contributed by atoms with van der Waals surface area (Å²) in [6.07, 6.45) is 0. The first-order valence-corrected chi connectivity index (χ1v) is 4.99. The van der Waals surface area contributed by atoms with Gasteiger partial charge in [0.1, 0.15) is 18.4 Å². The van der Waals surface area contributed by atoms with Crippen LogP contribution in [0, 0.1) is 0 Å². The topological polar surface area (TPSA) is 55.5 Å². The molecule has 1 rings (SSSR count). The van der Waals surface area contributed by atoms with Crippen LogP contribution in [0.15, 0.2) is 24.3 Å². The molecule has 1 atom stereocenters. The lowest BCUT2D eigenvalue weighted by Crippen LogP contribution is -2.36. The van der Waals surface area contributed by atoms with Crippen molar-refractivity contribution in [2.75, 3.05) is 13.2 Å². The fourth-order valence-electron chi connectivity index (χ4n) is 1.35. The van der Waals surface area contributed by atoms with Crippen molar-refractivity contribution in [3.8, 4) is 5.75 Å². The van der Waals surface area contributed by atoms with Gasteiger partial charge in [0.15, 0.2) is 0 Å². The Balaban J connectivity index is 3.02. The van der Waals surface area contributed by atoms with Gasteiger partial charge < -0.3 is 15.6 Å². The van der Waals surface area contributed by atoms with Gasteiger partial charge in [-0.2, -0.15) is 0 Å². The number of halogens is 2. The van der Waals surface area contributed by atoms with E-state index in [2.05, 4.69) is 0 Å². The summed E-state index contributed by atoms with van der Waals surface area (Å²) in [7, 11) is 0. The lowest BCUT2D eigenvalue weighted by atomic mass is 10.0. The van der Waals surface area contributed by atoms with Crippen molar-refractivity contribution < 1.29 is 18.6 Å². The zero-order valence-corrected chi connectivity index (χ0v) is 8.99. The van der Waals surface area contributed by atoms with Crippen molar-refractivity contribution in [2.24, 2.45) is 5.73 Å². The monoisotopic (exact) mass is 231 g/mol. The molecular weight excluding hydrogens is 216 g/mol. The molecule has 0 heterocycles. The number of alkyl halides is 2. The van der Waals surface area contributed by atoms with E-state index in [1.54, 1.807) is 25.1 Å². The summed E-state index contributed by atoms with van der Waals surface area (Å²) in [5.41, 5.74) is 5.62. The van der Waals surface area contributed by atoms with Crippen LogP contribution >= 0.6 is 0 Å². The molecule has 90 valence electrons. The van der Waals surface area contributed by atoms with E-state index >= 15 is 0 Å². The average Bonchev–Trinajstić information content (AvgIpc) is 2.29. The average molecular weight is 231 g/mol. The van der Waals surface area contributed by atoms with Crippen molar-refractivity contribution in [2.45, 2.75) is 18.9 Å². The maximum atomic E-state index is 13.2. The third kappa shape index (κ3) is 2.68. The molecule has 5 heteroatoms. The molecule has 0 saturated carbocycles. The lowest BCUT2D eigenvalue weighted by Gasteiger charge is -2.23. The summed E-state index contributed by atoms with van der Waals surface area (Å²) in [4.78, 5) is 0. The number of rotatable bonds is 5. The normalized spacial score (nSPS) is 13.6. The minimum atomic E-state index is -3.35. The number of aliphatic hydroxyl groups excluding tert-OH is 1. The molecular formula is C11H15F2NO2. The molecule has 0 spiro atoms. The van der Waals surface area contributed by atoms with E-state index in [4.69, 9.17) is 15.6 Å². The molecule has 0 aromatic heterocycles. The van der Waals surface area contributed by atoms with Crippen LogP contribution < -0.4 is 10.5 Å². The zero-order valence-electron chi connectivity index (χ0n) is 8.99. The fourth-order valence-corrected chi connectivity index (χ4v) is 1.35. The van der Waals surface area contributed by atoms with Crippen LogP contribution in [-0.2, 0) is 0 Å². The number of nitrogens with two attached hydrogens (primary N) is 1. The summed E-state index contributed by atoms with van der Waals surface area (Å²) in [5.74, 6) is -3.03. The lowest BCUT2D eigenvalue weighted by molar-refractivity contribution is -0.0716. The Hall–Kier alpha value is -1.20. The third-order valence-corrected chi connectivity index (χ3v) is 2.22. The molecule has 0 radical (unpaired) electrons. The highest BCUT2D eigenvalue weighted by atomic mass is 19.3. The molecule has 0 unspecified atom stereocenters. The van der Waals surface area contributed by atoms with Gasteiger partial charge in [-0.25, -0.2) is 8.78 Å². The van der Waals surface area contributed by atoms with Gasteiger partial charge in [-0.05, 0) is 13.0 Å². The smallest absolute Gasteiger partial charge is 0.289 e. The molecule has 3 nitrogen and oxygen atoms in total. The molecule has 0 bridgehead atoms. The highest BCUT2D eigenvalue weighted by Gasteiger charge is 2.38. The van der Waals surface area contributed by atoms with E-state index in [1.807, 2.05) is 0 Å². The van der Waals surface area contributed by atoms with Crippen molar-refractivity contribution >= 4 is 0 Å². The Bertz CT molecular complexity index is 345. The molecule has 0 aliphatic carbocycles. The number of hydrogen-bond acceptors (Lipinski definition) is 3. The SMILES string of the molecule is CCOc1ccccc1[C@H](N)C(F)(F)CO. The second-order valence-corrected chi connectivity index (χ2v) is 3.37. The van der Waals surface area contributed by atoms with Gasteiger partial charge in [0.2, 0.25) is 0 Å². The summed E-state index contributed by atoms with van der Waals surface area (Å²) in [6, 6.07) is 4.76. The number of hydrogen-bond donors (Lipinski definition) is 2. The molecule has 0 amide bonds. The van der Waals surface area contributed by atoms with Crippen molar-refractivity contribution in [3.63, 3.8) is 0 Å². The number of benzene rings is 1. The second-order valence-electron chi connectivity index (χ2n) is 3.37. The molecule has 16 heavy (non-hydrogen) atoms. The molecule has 1 aromatic carbocycles. The zero-order chi connectivity index (χ0) is 12.2. The highest BCUT2D eigenvalue weighted by Crippen LogP contribution is 2.33. The summed E-state index contributed by atoms with van der Waals surface area (Å²) < 4.78 is 31.6. The van der Waals surface area contributed by atoms with Gasteiger partial charge in [-0.15, -0.1) is 0 Å². The van der Waals surface area contributed by atoms with Crippen molar-refractivity contribution in [1.82, 2.24) is 0 Å². The van der Waals surface area contributed by atoms with Gasteiger partial charge in [0.25, 0.3) is 5.92 Å². The van der Waals surface area contributed by atoms with Crippen molar-refractivity contribution in [1.29, 1.82) is 0 Å². The second kappa shape index (κ2) is 5.23. The van der Waals surface area contributed by atoms with E-state index in [-0.39, 0.29) is 5.56 Å². The molecule has 1 aromatic rings. The minimum Gasteiger partial charge on any atom is -0.494 e. The predicted molar refractivity (Wildman–Crippen MR) is 56.6 cm³/mol. The van der Waals surface area contributed by atoms with E-state index in [1.165, 1.54) is 6.07 Å². The van der Waals surface area contributed by atoms with E-state index < -0.39 is 18.6 Å². The van der Waals surface area contributed by atoms with Crippen LogP contribution in [0.3, 0.4) is 0 Å². The first-order chi connectivity index (χ1) is 7.53. The summed E-state index contributed by atoms with van der Waals surface area (Å²) >= 11 is 0. The van der Waals surface area contributed by atoms with Crippen LogP contribution in [0.2, 0.25) is 0 Å². The first kappa shape index (κ1) is 12.9.